The molecular formula is C26H38O5. The van der Waals surface area contributed by atoms with Crippen LogP contribution >= 0.6 is 0 Å². The van der Waals surface area contributed by atoms with Crippen LogP contribution in [0, 0.1) is 58.7 Å². The normalized spacial score (nSPS) is 51.4. The number of esters is 2. The Bertz CT molecular complexity index is 753. The van der Waals surface area contributed by atoms with Gasteiger partial charge < -0.3 is 14.2 Å². The molecule has 1 saturated heterocycles. The van der Waals surface area contributed by atoms with Crippen molar-refractivity contribution in [3.63, 3.8) is 0 Å². The minimum Gasteiger partial charge on any atom is -0.465 e. The van der Waals surface area contributed by atoms with Crippen LogP contribution in [0.2, 0.25) is 0 Å². The van der Waals surface area contributed by atoms with Crippen LogP contribution in [-0.4, -0.2) is 36.9 Å². The molecule has 172 valence electrons. The first kappa shape index (κ1) is 20.5. The molecule has 0 radical (unpaired) electrons. The lowest BCUT2D eigenvalue weighted by Crippen LogP contribution is -2.58. The number of ether oxygens (including phenoxy) is 3. The van der Waals surface area contributed by atoms with Crippen molar-refractivity contribution in [2.45, 2.75) is 77.9 Å². The summed E-state index contributed by atoms with van der Waals surface area (Å²) in [4.78, 5) is 26.0. The molecule has 6 saturated carbocycles. The SMILES string of the molecule is CC(C)(C)C(=O)OCC1C2CC3C(COC31)C2C(=O)OC1(C)C2CC3CC(C2)CC1C3. The number of carbonyl (C=O) groups excluding carboxylic acids is 2. The van der Waals surface area contributed by atoms with E-state index in [0.29, 0.717) is 31.0 Å². The maximum absolute atomic E-state index is 13.7. The topological polar surface area (TPSA) is 61.8 Å². The molecule has 5 heteroatoms. The number of fused-ring (bicyclic) bond motifs is 1. The summed E-state index contributed by atoms with van der Waals surface area (Å²) in [5, 5.41) is 0. The van der Waals surface area contributed by atoms with Crippen molar-refractivity contribution in [3.05, 3.63) is 0 Å². The summed E-state index contributed by atoms with van der Waals surface area (Å²) in [6, 6.07) is 0. The molecule has 0 aromatic rings. The molecule has 7 fully saturated rings. The summed E-state index contributed by atoms with van der Waals surface area (Å²) >= 11 is 0. The Morgan fingerprint density at radius 2 is 1.58 bits per heavy atom. The van der Waals surface area contributed by atoms with Gasteiger partial charge in [0, 0.05) is 11.8 Å². The van der Waals surface area contributed by atoms with E-state index in [1.807, 2.05) is 20.8 Å². The molecule has 6 unspecified atom stereocenters. The van der Waals surface area contributed by atoms with Gasteiger partial charge in [-0.1, -0.05) is 0 Å². The summed E-state index contributed by atoms with van der Waals surface area (Å²) in [6.07, 6.45) is 7.53. The summed E-state index contributed by atoms with van der Waals surface area (Å²) in [5.74, 6) is 3.63. The first-order valence-corrected chi connectivity index (χ1v) is 12.7. The van der Waals surface area contributed by atoms with Crippen molar-refractivity contribution in [2.24, 2.45) is 58.7 Å². The van der Waals surface area contributed by atoms with Crippen LogP contribution in [0.15, 0.2) is 0 Å². The lowest BCUT2D eigenvalue weighted by Gasteiger charge is -2.59. The standard InChI is InChI=1S/C26H38O5/c1-25(2,3)24(28)30-12-20-17-10-18-19(11-29-22(18)20)21(17)23(27)31-26(4)15-6-13-5-14(8-15)9-16(26)7-13/h13-22H,5-12H2,1-4H3. The summed E-state index contributed by atoms with van der Waals surface area (Å²) in [7, 11) is 0. The molecule has 0 N–H and O–H groups in total. The van der Waals surface area contributed by atoms with Gasteiger partial charge in [0.2, 0.25) is 0 Å². The fourth-order valence-corrected chi connectivity index (χ4v) is 8.82. The first-order valence-electron chi connectivity index (χ1n) is 12.7. The Labute approximate surface area is 185 Å². The lowest BCUT2D eigenvalue weighted by molar-refractivity contribution is -0.210. The summed E-state index contributed by atoms with van der Waals surface area (Å²) < 4.78 is 18.4. The molecule has 1 aliphatic heterocycles. The van der Waals surface area contributed by atoms with Crippen LogP contribution in [-0.2, 0) is 23.8 Å². The Morgan fingerprint density at radius 1 is 0.935 bits per heavy atom. The average Bonchev–Trinajstić information content (AvgIpc) is 3.31. The third-order valence-corrected chi connectivity index (χ3v) is 10.3. The Balaban J connectivity index is 1.17. The molecule has 31 heavy (non-hydrogen) atoms. The monoisotopic (exact) mass is 430 g/mol. The lowest BCUT2D eigenvalue weighted by atomic mass is 9.50. The van der Waals surface area contributed by atoms with Gasteiger partial charge in [-0.25, -0.2) is 0 Å². The number of carbonyl (C=O) groups is 2. The smallest absolute Gasteiger partial charge is 0.311 e. The molecule has 7 rings (SSSR count). The number of hydrogen-bond donors (Lipinski definition) is 0. The van der Waals surface area contributed by atoms with Crippen molar-refractivity contribution >= 4 is 11.9 Å². The first-order chi connectivity index (χ1) is 14.6. The van der Waals surface area contributed by atoms with Crippen molar-refractivity contribution in [1.29, 1.82) is 0 Å². The molecule has 5 nitrogen and oxygen atoms in total. The second kappa shape index (κ2) is 6.71. The van der Waals surface area contributed by atoms with Gasteiger partial charge in [0.15, 0.2) is 0 Å². The fourth-order valence-electron chi connectivity index (χ4n) is 8.82. The third kappa shape index (κ3) is 2.97. The highest BCUT2D eigenvalue weighted by atomic mass is 16.6. The molecule has 0 aromatic heterocycles. The average molecular weight is 431 g/mol. The molecule has 6 bridgehead atoms. The molecule has 0 spiro atoms. The van der Waals surface area contributed by atoms with Crippen LogP contribution in [0.1, 0.15) is 66.2 Å². The van der Waals surface area contributed by atoms with E-state index in [2.05, 4.69) is 6.92 Å². The van der Waals surface area contributed by atoms with Gasteiger partial charge >= 0.3 is 11.9 Å². The number of hydrogen-bond acceptors (Lipinski definition) is 5. The summed E-state index contributed by atoms with van der Waals surface area (Å²) in [5.41, 5.74) is -0.789. The van der Waals surface area contributed by atoms with E-state index in [1.165, 1.54) is 32.1 Å². The van der Waals surface area contributed by atoms with Crippen LogP contribution in [0.4, 0.5) is 0 Å². The van der Waals surface area contributed by atoms with E-state index in [4.69, 9.17) is 14.2 Å². The second-order valence-corrected chi connectivity index (χ2v) is 13.0. The van der Waals surface area contributed by atoms with E-state index >= 15 is 0 Å². The van der Waals surface area contributed by atoms with E-state index < -0.39 is 5.41 Å². The molecule has 1 heterocycles. The van der Waals surface area contributed by atoms with Gasteiger partial charge in [0.05, 0.1) is 30.7 Å². The van der Waals surface area contributed by atoms with Crippen LogP contribution < -0.4 is 0 Å². The zero-order valence-electron chi connectivity index (χ0n) is 19.5. The Kier molecular flexibility index (Phi) is 4.44. The van der Waals surface area contributed by atoms with E-state index in [-0.39, 0.29) is 47.3 Å². The maximum atomic E-state index is 13.7. The van der Waals surface area contributed by atoms with Crippen LogP contribution in [0.3, 0.4) is 0 Å². The minimum atomic E-state index is -0.511. The van der Waals surface area contributed by atoms with Gasteiger partial charge in [-0.3, -0.25) is 9.59 Å². The molecule has 0 aromatic carbocycles. The van der Waals surface area contributed by atoms with Crippen LogP contribution in [0.5, 0.6) is 0 Å². The minimum absolute atomic E-state index is 0.0172. The van der Waals surface area contributed by atoms with E-state index in [1.54, 1.807) is 0 Å². The van der Waals surface area contributed by atoms with E-state index in [0.717, 1.165) is 18.3 Å². The Hall–Kier alpha value is -1.10. The fraction of sp³-hybridized carbons (Fsp3) is 0.923. The van der Waals surface area contributed by atoms with Gasteiger partial charge in [0.1, 0.15) is 5.60 Å². The molecule has 0 amide bonds. The molecule has 6 aliphatic carbocycles. The van der Waals surface area contributed by atoms with Crippen molar-refractivity contribution in [1.82, 2.24) is 0 Å². The highest BCUT2D eigenvalue weighted by Crippen LogP contribution is 2.62. The van der Waals surface area contributed by atoms with Crippen molar-refractivity contribution in [2.75, 3.05) is 13.2 Å². The highest BCUT2D eigenvalue weighted by Gasteiger charge is 2.66. The third-order valence-electron chi connectivity index (χ3n) is 10.3. The zero-order chi connectivity index (χ0) is 21.7. The largest absolute Gasteiger partial charge is 0.465 e. The van der Waals surface area contributed by atoms with Gasteiger partial charge in [-0.05, 0) is 102 Å². The predicted molar refractivity (Wildman–Crippen MR) is 114 cm³/mol. The second-order valence-electron chi connectivity index (χ2n) is 13.0. The van der Waals surface area contributed by atoms with Gasteiger partial charge in [-0.15, -0.1) is 0 Å². The highest BCUT2D eigenvalue weighted by molar-refractivity contribution is 5.76. The van der Waals surface area contributed by atoms with Gasteiger partial charge in [-0.2, -0.15) is 0 Å². The maximum Gasteiger partial charge on any atom is 0.311 e. The predicted octanol–water partition coefficient (Wildman–Crippen LogP) is 4.23. The van der Waals surface area contributed by atoms with Crippen LogP contribution in [0.25, 0.3) is 0 Å². The van der Waals surface area contributed by atoms with Crippen molar-refractivity contribution in [3.8, 4) is 0 Å². The van der Waals surface area contributed by atoms with Gasteiger partial charge in [0.25, 0.3) is 0 Å². The molecular weight excluding hydrogens is 392 g/mol. The Morgan fingerprint density at radius 3 is 2.19 bits per heavy atom. The zero-order valence-corrected chi connectivity index (χ0v) is 19.5. The molecule has 7 aliphatic rings. The van der Waals surface area contributed by atoms with E-state index in [9.17, 15) is 9.59 Å². The molecule has 6 atom stereocenters. The van der Waals surface area contributed by atoms with Crippen molar-refractivity contribution < 1.29 is 23.8 Å². The number of rotatable bonds is 4. The quantitative estimate of drug-likeness (QED) is 0.625. The summed E-state index contributed by atoms with van der Waals surface area (Å²) in [6.45, 7) is 8.90.